The lowest BCUT2D eigenvalue weighted by molar-refractivity contribution is 0.140. The highest BCUT2D eigenvalue weighted by atomic mass is 19.3. The number of hydrogen-bond donors (Lipinski definition) is 1. The first-order valence-corrected chi connectivity index (χ1v) is 6.30. The number of alkyl halides is 2. The molecule has 0 aliphatic heterocycles. The summed E-state index contributed by atoms with van der Waals surface area (Å²) in [7, 11) is 0. The van der Waals surface area contributed by atoms with Gasteiger partial charge in [0.15, 0.2) is 0 Å². The third kappa shape index (κ3) is 5.78. The van der Waals surface area contributed by atoms with Crippen LogP contribution in [0.2, 0.25) is 0 Å². The van der Waals surface area contributed by atoms with E-state index in [1.807, 2.05) is 30.3 Å². The van der Waals surface area contributed by atoms with E-state index in [2.05, 4.69) is 12.2 Å². The number of rotatable bonds is 8. The molecule has 1 aromatic carbocycles. The first kappa shape index (κ1) is 14.1. The quantitative estimate of drug-likeness (QED) is 0.674. The zero-order valence-corrected chi connectivity index (χ0v) is 10.3. The summed E-state index contributed by atoms with van der Waals surface area (Å²) in [6, 6.07) is 9.89. The van der Waals surface area contributed by atoms with Gasteiger partial charge in [-0.15, -0.1) is 0 Å². The molecule has 0 spiro atoms. The molecule has 0 radical (unpaired) electrons. The maximum atomic E-state index is 12.2. The number of nitrogens with one attached hydrogen (secondary N) is 1. The van der Waals surface area contributed by atoms with Crippen molar-refractivity contribution in [3.05, 3.63) is 35.9 Å². The highest BCUT2D eigenvalue weighted by molar-refractivity contribution is 5.18. The monoisotopic (exact) mass is 241 g/mol. The number of halogens is 2. The van der Waals surface area contributed by atoms with Crippen LogP contribution in [-0.4, -0.2) is 13.0 Å². The lowest BCUT2D eigenvalue weighted by Crippen LogP contribution is -2.26. The van der Waals surface area contributed by atoms with Crippen molar-refractivity contribution in [2.45, 2.75) is 45.1 Å². The maximum absolute atomic E-state index is 12.2. The van der Waals surface area contributed by atoms with E-state index in [-0.39, 0.29) is 12.6 Å². The first-order chi connectivity index (χ1) is 8.24. The van der Waals surface area contributed by atoms with Crippen molar-refractivity contribution in [2.75, 3.05) is 6.54 Å². The molecule has 1 nitrogen and oxygen atoms in total. The minimum atomic E-state index is -2.28. The molecule has 0 heterocycles. The Balaban J connectivity index is 2.52. The van der Waals surface area contributed by atoms with Gasteiger partial charge in [0, 0.05) is 6.04 Å². The van der Waals surface area contributed by atoms with Gasteiger partial charge in [0.1, 0.15) is 0 Å². The van der Waals surface area contributed by atoms with Crippen molar-refractivity contribution in [3.8, 4) is 0 Å². The Morgan fingerprint density at radius 2 is 1.82 bits per heavy atom. The van der Waals surface area contributed by atoms with E-state index in [0.717, 1.165) is 31.2 Å². The molecule has 0 saturated carbocycles. The van der Waals surface area contributed by atoms with Crippen LogP contribution in [0.25, 0.3) is 0 Å². The molecule has 1 rings (SSSR count). The summed E-state index contributed by atoms with van der Waals surface area (Å²) in [5, 5.41) is 2.94. The minimum Gasteiger partial charge on any atom is -0.305 e. The minimum absolute atomic E-state index is 0.0525. The van der Waals surface area contributed by atoms with Gasteiger partial charge in [0.2, 0.25) is 0 Å². The Bertz CT molecular complexity index is 288. The van der Waals surface area contributed by atoms with E-state index < -0.39 is 6.43 Å². The van der Waals surface area contributed by atoms with Gasteiger partial charge in [-0.3, -0.25) is 0 Å². The average molecular weight is 241 g/mol. The van der Waals surface area contributed by atoms with Crippen molar-refractivity contribution in [1.82, 2.24) is 5.32 Å². The summed E-state index contributed by atoms with van der Waals surface area (Å²) in [6.45, 7) is 1.91. The summed E-state index contributed by atoms with van der Waals surface area (Å²) < 4.78 is 24.5. The zero-order chi connectivity index (χ0) is 12.5. The van der Waals surface area contributed by atoms with E-state index in [1.54, 1.807) is 0 Å². The Morgan fingerprint density at radius 3 is 2.41 bits per heavy atom. The highest BCUT2D eigenvalue weighted by Crippen LogP contribution is 2.19. The summed E-state index contributed by atoms with van der Waals surface area (Å²) in [5.74, 6) is 0. The third-order valence-corrected chi connectivity index (χ3v) is 2.82. The summed E-state index contributed by atoms with van der Waals surface area (Å²) in [6.07, 6.45) is 2.01. The van der Waals surface area contributed by atoms with E-state index in [1.165, 1.54) is 0 Å². The smallest absolute Gasteiger partial charge is 0.250 e. The average Bonchev–Trinajstić information content (AvgIpc) is 2.34. The molecule has 17 heavy (non-hydrogen) atoms. The molecule has 1 N–H and O–H groups in total. The van der Waals surface area contributed by atoms with Crippen LogP contribution in [0, 0.1) is 0 Å². The van der Waals surface area contributed by atoms with Gasteiger partial charge < -0.3 is 5.32 Å². The second-order valence-electron chi connectivity index (χ2n) is 4.26. The van der Waals surface area contributed by atoms with Gasteiger partial charge >= 0.3 is 0 Å². The van der Waals surface area contributed by atoms with Gasteiger partial charge in [-0.2, -0.15) is 0 Å². The molecule has 1 atom stereocenters. The van der Waals surface area contributed by atoms with Crippen molar-refractivity contribution < 1.29 is 8.78 Å². The molecule has 3 heteroatoms. The lowest BCUT2D eigenvalue weighted by Gasteiger charge is -2.19. The van der Waals surface area contributed by atoms with Crippen LogP contribution < -0.4 is 5.32 Å². The fraction of sp³-hybridized carbons (Fsp3) is 0.571. The molecule has 0 fully saturated rings. The molecule has 0 bridgehead atoms. The largest absolute Gasteiger partial charge is 0.305 e. The molecule has 0 amide bonds. The van der Waals surface area contributed by atoms with Gasteiger partial charge in [0.05, 0.1) is 6.54 Å². The van der Waals surface area contributed by atoms with Gasteiger partial charge in [-0.25, -0.2) is 8.78 Å². The van der Waals surface area contributed by atoms with Crippen LogP contribution in [0.1, 0.15) is 44.2 Å². The SMILES string of the molecule is CCCCCC(NCC(F)F)c1ccccc1. The number of hydrogen-bond acceptors (Lipinski definition) is 1. The predicted octanol–water partition coefficient (Wildman–Crippen LogP) is 4.16. The number of benzene rings is 1. The fourth-order valence-corrected chi connectivity index (χ4v) is 1.90. The van der Waals surface area contributed by atoms with Crippen LogP contribution in [0.4, 0.5) is 8.78 Å². The van der Waals surface area contributed by atoms with Crippen LogP contribution in [0.15, 0.2) is 30.3 Å². The van der Waals surface area contributed by atoms with Gasteiger partial charge in [-0.05, 0) is 12.0 Å². The number of unbranched alkanes of at least 4 members (excludes halogenated alkanes) is 2. The third-order valence-electron chi connectivity index (χ3n) is 2.82. The fourth-order valence-electron chi connectivity index (χ4n) is 1.90. The molecule has 1 unspecified atom stereocenters. The first-order valence-electron chi connectivity index (χ1n) is 6.30. The van der Waals surface area contributed by atoms with Gasteiger partial charge in [-0.1, -0.05) is 56.5 Å². The topological polar surface area (TPSA) is 12.0 Å². The van der Waals surface area contributed by atoms with E-state index in [9.17, 15) is 8.78 Å². The molecular weight excluding hydrogens is 220 g/mol. The maximum Gasteiger partial charge on any atom is 0.250 e. The molecule has 1 aromatic rings. The van der Waals surface area contributed by atoms with Crippen LogP contribution >= 0.6 is 0 Å². The standard InChI is InChI=1S/C14H21F2N/c1-2-3-5-10-13(17-11-14(15)16)12-8-6-4-7-9-12/h4,6-9,13-14,17H,2-3,5,10-11H2,1H3. The van der Waals surface area contributed by atoms with Crippen molar-refractivity contribution >= 4 is 0 Å². The van der Waals surface area contributed by atoms with E-state index in [4.69, 9.17) is 0 Å². The predicted molar refractivity (Wildman–Crippen MR) is 67.3 cm³/mol. The summed E-state index contributed by atoms with van der Waals surface area (Å²) in [4.78, 5) is 0. The Hall–Kier alpha value is -0.960. The Kier molecular flexibility index (Phi) is 6.78. The van der Waals surface area contributed by atoms with Crippen LogP contribution in [0.5, 0.6) is 0 Å². The molecule has 0 aliphatic carbocycles. The van der Waals surface area contributed by atoms with Crippen LogP contribution in [-0.2, 0) is 0 Å². The van der Waals surface area contributed by atoms with E-state index in [0.29, 0.717) is 0 Å². The second kappa shape index (κ2) is 8.18. The van der Waals surface area contributed by atoms with E-state index >= 15 is 0 Å². The molecular formula is C14H21F2N. The Morgan fingerprint density at radius 1 is 1.12 bits per heavy atom. The van der Waals surface area contributed by atoms with Crippen molar-refractivity contribution in [2.24, 2.45) is 0 Å². The Labute approximate surface area is 102 Å². The lowest BCUT2D eigenvalue weighted by atomic mass is 10.0. The summed E-state index contributed by atoms with van der Waals surface area (Å²) >= 11 is 0. The molecule has 0 saturated heterocycles. The normalized spacial score (nSPS) is 12.9. The van der Waals surface area contributed by atoms with Gasteiger partial charge in [0.25, 0.3) is 6.43 Å². The molecule has 0 aliphatic rings. The molecule has 96 valence electrons. The zero-order valence-electron chi connectivity index (χ0n) is 10.3. The highest BCUT2D eigenvalue weighted by Gasteiger charge is 2.12. The van der Waals surface area contributed by atoms with Crippen LogP contribution in [0.3, 0.4) is 0 Å². The summed E-state index contributed by atoms with van der Waals surface area (Å²) in [5.41, 5.74) is 1.10. The van der Waals surface area contributed by atoms with Crippen molar-refractivity contribution in [1.29, 1.82) is 0 Å². The second-order valence-corrected chi connectivity index (χ2v) is 4.26. The molecule has 0 aromatic heterocycles. The van der Waals surface area contributed by atoms with Crippen molar-refractivity contribution in [3.63, 3.8) is 0 Å².